The summed E-state index contributed by atoms with van der Waals surface area (Å²) in [4.78, 5) is 11.7. The van der Waals surface area contributed by atoms with Crippen molar-refractivity contribution in [1.29, 1.82) is 0 Å². The summed E-state index contributed by atoms with van der Waals surface area (Å²) >= 11 is 0. The zero-order valence-corrected chi connectivity index (χ0v) is 11.4. The lowest BCUT2D eigenvalue weighted by atomic mass is 10.1. The molecular formula is C14H23NO3. The van der Waals surface area contributed by atoms with Gasteiger partial charge in [0, 0.05) is 44.6 Å². The summed E-state index contributed by atoms with van der Waals surface area (Å²) in [5.41, 5.74) is 0.817. The summed E-state index contributed by atoms with van der Waals surface area (Å²) in [5.74, 6) is 0.229. The molecule has 18 heavy (non-hydrogen) atoms. The minimum absolute atomic E-state index is 0.229. The van der Waals surface area contributed by atoms with Crippen molar-refractivity contribution in [3.05, 3.63) is 24.0 Å². The van der Waals surface area contributed by atoms with Crippen molar-refractivity contribution < 1.29 is 14.3 Å². The van der Waals surface area contributed by atoms with E-state index in [0.29, 0.717) is 19.6 Å². The fourth-order valence-electron chi connectivity index (χ4n) is 1.71. The third-order valence-corrected chi connectivity index (χ3v) is 2.69. The molecule has 0 aromatic carbocycles. The van der Waals surface area contributed by atoms with Crippen LogP contribution in [-0.4, -0.2) is 37.3 Å². The third kappa shape index (κ3) is 5.47. The van der Waals surface area contributed by atoms with E-state index in [1.165, 1.54) is 0 Å². The predicted octanol–water partition coefficient (Wildman–Crippen LogP) is 2.52. The van der Waals surface area contributed by atoms with Crippen LogP contribution >= 0.6 is 0 Å². The van der Waals surface area contributed by atoms with E-state index in [-0.39, 0.29) is 5.78 Å². The number of Topliss-reactive ketones (excluding diaryl/α,β-unsaturated/α-hetero) is 1. The van der Waals surface area contributed by atoms with E-state index in [0.717, 1.165) is 31.6 Å². The van der Waals surface area contributed by atoms with Gasteiger partial charge in [0.2, 0.25) is 0 Å². The molecule has 0 spiro atoms. The van der Waals surface area contributed by atoms with Gasteiger partial charge in [-0.1, -0.05) is 6.92 Å². The minimum atomic E-state index is 0.229. The van der Waals surface area contributed by atoms with Crippen molar-refractivity contribution in [2.75, 3.05) is 26.9 Å². The largest absolute Gasteiger partial charge is 0.382 e. The molecule has 1 rings (SSSR count). The van der Waals surface area contributed by atoms with E-state index in [4.69, 9.17) is 9.47 Å². The van der Waals surface area contributed by atoms with Gasteiger partial charge in [0.1, 0.15) is 0 Å². The monoisotopic (exact) mass is 253 g/mol. The van der Waals surface area contributed by atoms with E-state index >= 15 is 0 Å². The number of methoxy groups -OCH3 is 1. The maximum Gasteiger partial charge on any atom is 0.164 e. The van der Waals surface area contributed by atoms with E-state index in [1.54, 1.807) is 7.11 Å². The molecule has 0 amide bonds. The van der Waals surface area contributed by atoms with Crippen LogP contribution in [0.4, 0.5) is 0 Å². The Kier molecular flexibility index (Phi) is 7.37. The van der Waals surface area contributed by atoms with E-state index < -0.39 is 0 Å². The van der Waals surface area contributed by atoms with Crippen LogP contribution in [0.3, 0.4) is 0 Å². The highest BCUT2D eigenvalue weighted by molar-refractivity contribution is 5.95. The first-order valence-corrected chi connectivity index (χ1v) is 6.53. The molecule has 0 bridgehead atoms. The molecule has 0 saturated heterocycles. The number of ketones is 1. The molecule has 0 radical (unpaired) electrons. The Bertz CT molecular complexity index is 347. The second-order valence-electron chi connectivity index (χ2n) is 4.27. The second-order valence-corrected chi connectivity index (χ2v) is 4.27. The number of aromatic nitrogens is 1. The summed E-state index contributed by atoms with van der Waals surface area (Å²) in [5, 5.41) is 0. The lowest BCUT2D eigenvalue weighted by Gasteiger charge is -2.04. The molecule has 0 fully saturated rings. The quantitative estimate of drug-likeness (QED) is 0.475. The van der Waals surface area contributed by atoms with Gasteiger partial charge >= 0.3 is 0 Å². The van der Waals surface area contributed by atoms with Crippen molar-refractivity contribution in [3.63, 3.8) is 0 Å². The Labute approximate surface area is 109 Å². The zero-order chi connectivity index (χ0) is 13.2. The summed E-state index contributed by atoms with van der Waals surface area (Å²) in [6.45, 7) is 4.90. The van der Waals surface area contributed by atoms with Crippen molar-refractivity contribution in [2.45, 2.75) is 32.7 Å². The van der Waals surface area contributed by atoms with Crippen molar-refractivity contribution in [3.8, 4) is 0 Å². The molecule has 1 aromatic heterocycles. The summed E-state index contributed by atoms with van der Waals surface area (Å²) in [6.07, 6.45) is 6.35. The number of rotatable bonds is 10. The Balaban J connectivity index is 2.21. The van der Waals surface area contributed by atoms with E-state index in [1.807, 2.05) is 30.0 Å². The standard InChI is InChI=1S/C14H23NO3/c1-3-5-14(16)13-6-8-15(12-13)7-4-9-18-11-10-17-2/h6,8,12H,3-5,7,9-11H2,1-2H3. The maximum absolute atomic E-state index is 11.7. The topological polar surface area (TPSA) is 40.5 Å². The molecule has 0 aliphatic rings. The molecule has 1 heterocycles. The zero-order valence-electron chi connectivity index (χ0n) is 11.4. The molecule has 0 aliphatic heterocycles. The molecule has 0 saturated carbocycles. The first-order chi connectivity index (χ1) is 8.77. The lowest BCUT2D eigenvalue weighted by molar-refractivity contribution is 0.0680. The Morgan fingerprint density at radius 3 is 2.89 bits per heavy atom. The van der Waals surface area contributed by atoms with Crippen LogP contribution in [0.15, 0.2) is 18.5 Å². The molecular weight excluding hydrogens is 230 g/mol. The number of ether oxygens (including phenoxy) is 2. The normalized spacial score (nSPS) is 10.8. The van der Waals surface area contributed by atoms with Gasteiger partial charge in [-0.05, 0) is 18.9 Å². The third-order valence-electron chi connectivity index (χ3n) is 2.69. The van der Waals surface area contributed by atoms with Crippen LogP contribution < -0.4 is 0 Å². The van der Waals surface area contributed by atoms with Crippen LogP contribution in [0.2, 0.25) is 0 Å². The molecule has 4 nitrogen and oxygen atoms in total. The highest BCUT2D eigenvalue weighted by Gasteiger charge is 2.05. The Morgan fingerprint density at radius 2 is 2.17 bits per heavy atom. The number of carbonyl (C=O) groups is 1. The van der Waals surface area contributed by atoms with Gasteiger partial charge in [0.15, 0.2) is 5.78 Å². The van der Waals surface area contributed by atoms with Gasteiger partial charge in [0.25, 0.3) is 0 Å². The van der Waals surface area contributed by atoms with E-state index in [2.05, 4.69) is 0 Å². The summed E-state index contributed by atoms with van der Waals surface area (Å²) in [7, 11) is 1.66. The van der Waals surface area contributed by atoms with E-state index in [9.17, 15) is 4.79 Å². The second kappa shape index (κ2) is 8.89. The predicted molar refractivity (Wildman–Crippen MR) is 71.0 cm³/mol. The van der Waals surface area contributed by atoms with Gasteiger partial charge < -0.3 is 14.0 Å². The van der Waals surface area contributed by atoms with Crippen LogP contribution in [0, 0.1) is 0 Å². The highest BCUT2D eigenvalue weighted by atomic mass is 16.5. The van der Waals surface area contributed by atoms with Crippen LogP contribution in [-0.2, 0) is 16.0 Å². The van der Waals surface area contributed by atoms with Gasteiger partial charge in [-0.3, -0.25) is 4.79 Å². The minimum Gasteiger partial charge on any atom is -0.382 e. The molecule has 0 unspecified atom stereocenters. The number of aryl methyl sites for hydroxylation is 1. The number of carbonyl (C=O) groups excluding carboxylic acids is 1. The molecule has 0 atom stereocenters. The van der Waals surface area contributed by atoms with Crippen molar-refractivity contribution in [2.24, 2.45) is 0 Å². The van der Waals surface area contributed by atoms with Crippen LogP contribution in [0.5, 0.6) is 0 Å². The average molecular weight is 253 g/mol. The van der Waals surface area contributed by atoms with Crippen LogP contribution in [0.1, 0.15) is 36.5 Å². The molecule has 4 heteroatoms. The average Bonchev–Trinajstić information content (AvgIpc) is 2.83. The fourth-order valence-corrected chi connectivity index (χ4v) is 1.71. The van der Waals surface area contributed by atoms with Crippen molar-refractivity contribution in [1.82, 2.24) is 4.57 Å². The van der Waals surface area contributed by atoms with Crippen molar-refractivity contribution >= 4 is 5.78 Å². The molecule has 1 aromatic rings. The van der Waals surface area contributed by atoms with Crippen LogP contribution in [0.25, 0.3) is 0 Å². The summed E-state index contributed by atoms with van der Waals surface area (Å²) < 4.78 is 12.3. The SMILES string of the molecule is CCCC(=O)c1ccn(CCCOCCOC)c1. The van der Waals surface area contributed by atoms with Gasteiger partial charge in [-0.15, -0.1) is 0 Å². The Morgan fingerprint density at radius 1 is 1.33 bits per heavy atom. The smallest absolute Gasteiger partial charge is 0.164 e. The van der Waals surface area contributed by atoms with Gasteiger partial charge in [-0.2, -0.15) is 0 Å². The first kappa shape index (κ1) is 14.9. The fraction of sp³-hybridized carbons (Fsp3) is 0.643. The lowest BCUT2D eigenvalue weighted by Crippen LogP contribution is -2.05. The maximum atomic E-state index is 11.7. The van der Waals surface area contributed by atoms with Gasteiger partial charge in [-0.25, -0.2) is 0 Å². The first-order valence-electron chi connectivity index (χ1n) is 6.53. The van der Waals surface area contributed by atoms with Gasteiger partial charge in [0.05, 0.1) is 13.2 Å². The molecule has 102 valence electrons. The molecule has 0 aliphatic carbocycles. The Hall–Kier alpha value is -1.13. The molecule has 0 N–H and O–H groups in total. The summed E-state index contributed by atoms with van der Waals surface area (Å²) in [6, 6.07) is 1.89. The number of hydrogen-bond donors (Lipinski definition) is 0. The number of nitrogens with zero attached hydrogens (tertiary/aromatic N) is 1. The number of hydrogen-bond acceptors (Lipinski definition) is 3. The highest BCUT2D eigenvalue weighted by Crippen LogP contribution is 2.07.